The summed E-state index contributed by atoms with van der Waals surface area (Å²) in [5.74, 6) is -1.03. The zero-order valence-corrected chi connectivity index (χ0v) is 16.8. The van der Waals surface area contributed by atoms with E-state index in [2.05, 4.69) is 0 Å². The molecular formula is C21H23NO5S. The van der Waals surface area contributed by atoms with Crippen LogP contribution < -0.4 is 0 Å². The Bertz CT molecular complexity index is 1010. The summed E-state index contributed by atoms with van der Waals surface area (Å²) < 4.78 is 31.8. The first-order valence-electron chi connectivity index (χ1n) is 9.17. The molecule has 1 aliphatic heterocycles. The minimum Gasteiger partial charge on any atom is -0.454 e. The lowest BCUT2D eigenvalue weighted by atomic mass is 10.0. The van der Waals surface area contributed by atoms with Crippen LogP contribution in [0.4, 0.5) is 0 Å². The molecule has 0 saturated carbocycles. The third-order valence-electron chi connectivity index (χ3n) is 4.94. The van der Waals surface area contributed by atoms with Crippen LogP contribution in [0.5, 0.6) is 0 Å². The SMILES string of the molecule is Cc1ccc(C(=O)COC(=O)c2cccc(S(=O)(=O)N3CCCC3)c2)cc1C. The molecule has 0 aromatic heterocycles. The molecule has 0 amide bonds. The largest absolute Gasteiger partial charge is 0.454 e. The number of esters is 1. The molecule has 0 radical (unpaired) electrons. The van der Waals surface area contributed by atoms with Crippen LogP contribution in [0, 0.1) is 13.8 Å². The van der Waals surface area contributed by atoms with Crippen molar-refractivity contribution in [2.45, 2.75) is 31.6 Å². The van der Waals surface area contributed by atoms with Crippen molar-refractivity contribution in [3.63, 3.8) is 0 Å². The van der Waals surface area contributed by atoms with Crippen molar-refractivity contribution in [1.29, 1.82) is 0 Å². The van der Waals surface area contributed by atoms with E-state index in [1.54, 1.807) is 12.1 Å². The number of aryl methyl sites for hydroxylation is 2. The summed E-state index contributed by atoms with van der Waals surface area (Å²) in [6, 6.07) is 11.0. The number of Topliss-reactive ketones (excluding diaryl/α,β-unsaturated/α-hetero) is 1. The lowest BCUT2D eigenvalue weighted by Crippen LogP contribution is -2.28. The number of rotatable bonds is 6. The van der Waals surface area contributed by atoms with Crippen LogP contribution in [0.1, 0.15) is 44.7 Å². The number of sulfonamides is 1. The number of carbonyl (C=O) groups excluding carboxylic acids is 2. The van der Waals surface area contributed by atoms with Crippen LogP contribution >= 0.6 is 0 Å². The zero-order valence-electron chi connectivity index (χ0n) is 16.0. The monoisotopic (exact) mass is 401 g/mol. The normalized spacial score (nSPS) is 14.8. The molecule has 1 saturated heterocycles. The maximum Gasteiger partial charge on any atom is 0.338 e. The highest BCUT2D eigenvalue weighted by Crippen LogP contribution is 2.22. The third-order valence-corrected chi connectivity index (χ3v) is 6.83. The maximum atomic E-state index is 12.6. The standard InChI is InChI=1S/C21H23NO5S/c1-15-8-9-17(12-16(15)2)20(23)14-27-21(24)18-6-5-7-19(13-18)28(25,26)22-10-3-4-11-22/h5-9,12-13H,3-4,10-11,14H2,1-2H3. The van der Waals surface area contributed by atoms with Gasteiger partial charge in [0.15, 0.2) is 12.4 Å². The fourth-order valence-corrected chi connectivity index (χ4v) is 4.64. The second-order valence-corrected chi connectivity index (χ2v) is 8.88. The fourth-order valence-electron chi connectivity index (χ4n) is 3.07. The van der Waals surface area contributed by atoms with Crippen LogP contribution in [0.25, 0.3) is 0 Å². The summed E-state index contributed by atoms with van der Waals surface area (Å²) in [6.45, 7) is 4.44. The molecule has 6 nitrogen and oxygen atoms in total. The molecule has 1 heterocycles. The number of ketones is 1. The van der Waals surface area contributed by atoms with Crippen LogP contribution in [-0.2, 0) is 14.8 Å². The lowest BCUT2D eigenvalue weighted by molar-refractivity contribution is 0.0474. The van der Waals surface area contributed by atoms with Crippen LogP contribution in [-0.4, -0.2) is 44.2 Å². The number of carbonyl (C=O) groups is 2. The van der Waals surface area contributed by atoms with E-state index in [4.69, 9.17) is 4.74 Å². The first-order chi connectivity index (χ1) is 13.3. The zero-order chi connectivity index (χ0) is 20.3. The highest BCUT2D eigenvalue weighted by atomic mass is 32.2. The van der Waals surface area contributed by atoms with Crippen molar-refractivity contribution in [1.82, 2.24) is 4.31 Å². The minimum atomic E-state index is -3.62. The molecule has 2 aromatic carbocycles. The molecule has 0 N–H and O–H groups in total. The molecule has 0 unspecified atom stereocenters. The third kappa shape index (κ3) is 4.31. The Balaban J connectivity index is 1.69. The molecule has 0 spiro atoms. The summed E-state index contributed by atoms with van der Waals surface area (Å²) in [6.07, 6.45) is 1.67. The Hall–Kier alpha value is -2.51. The van der Waals surface area contributed by atoms with Gasteiger partial charge in [-0.15, -0.1) is 0 Å². The molecule has 0 aliphatic carbocycles. The summed E-state index contributed by atoms with van der Waals surface area (Å²) >= 11 is 0. The van der Waals surface area contributed by atoms with Gasteiger partial charge in [0.2, 0.25) is 10.0 Å². The van der Waals surface area contributed by atoms with Crippen molar-refractivity contribution >= 4 is 21.8 Å². The van der Waals surface area contributed by atoms with E-state index in [0.29, 0.717) is 18.7 Å². The van der Waals surface area contributed by atoms with Crippen molar-refractivity contribution in [2.24, 2.45) is 0 Å². The average Bonchev–Trinajstić information content (AvgIpc) is 3.24. The van der Waals surface area contributed by atoms with Crippen molar-refractivity contribution in [2.75, 3.05) is 19.7 Å². The van der Waals surface area contributed by atoms with E-state index in [-0.39, 0.29) is 16.2 Å². The average molecular weight is 401 g/mol. The van der Waals surface area contributed by atoms with Crippen molar-refractivity contribution in [3.05, 3.63) is 64.7 Å². The quantitative estimate of drug-likeness (QED) is 0.549. The number of hydrogen-bond donors (Lipinski definition) is 0. The summed E-state index contributed by atoms with van der Waals surface area (Å²) in [7, 11) is -3.62. The molecule has 0 bridgehead atoms. The van der Waals surface area contributed by atoms with Gasteiger partial charge in [-0.1, -0.05) is 18.2 Å². The summed E-state index contributed by atoms with van der Waals surface area (Å²) in [5.41, 5.74) is 2.64. The number of benzene rings is 2. The Morgan fingerprint density at radius 3 is 2.36 bits per heavy atom. The van der Waals surface area contributed by atoms with E-state index >= 15 is 0 Å². The van der Waals surface area contributed by atoms with Crippen molar-refractivity contribution in [3.8, 4) is 0 Å². The smallest absolute Gasteiger partial charge is 0.338 e. The first-order valence-corrected chi connectivity index (χ1v) is 10.6. The van der Waals surface area contributed by atoms with Crippen LogP contribution in [0.15, 0.2) is 47.4 Å². The van der Waals surface area contributed by atoms with E-state index < -0.39 is 22.6 Å². The van der Waals surface area contributed by atoms with Gasteiger partial charge in [-0.05, 0) is 62.1 Å². The molecule has 0 atom stereocenters. The number of nitrogens with zero attached hydrogens (tertiary/aromatic N) is 1. The predicted molar refractivity (Wildman–Crippen MR) is 105 cm³/mol. The van der Waals surface area contributed by atoms with E-state index in [1.165, 1.54) is 28.6 Å². The van der Waals surface area contributed by atoms with Gasteiger partial charge in [0.25, 0.3) is 0 Å². The molecule has 148 valence electrons. The van der Waals surface area contributed by atoms with Crippen LogP contribution in [0.3, 0.4) is 0 Å². The Morgan fingerprint density at radius 1 is 0.964 bits per heavy atom. The molecule has 1 aliphatic rings. The van der Waals surface area contributed by atoms with Gasteiger partial charge in [0.05, 0.1) is 10.5 Å². The summed E-state index contributed by atoms with van der Waals surface area (Å²) in [5, 5.41) is 0. The fraction of sp³-hybridized carbons (Fsp3) is 0.333. The van der Waals surface area contributed by atoms with E-state index in [1.807, 2.05) is 19.9 Å². The van der Waals surface area contributed by atoms with Gasteiger partial charge in [-0.25, -0.2) is 13.2 Å². The van der Waals surface area contributed by atoms with Gasteiger partial charge in [-0.2, -0.15) is 4.31 Å². The van der Waals surface area contributed by atoms with Gasteiger partial charge >= 0.3 is 5.97 Å². The summed E-state index contributed by atoms with van der Waals surface area (Å²) in [4.78, 5) is 24.6. The molecule has 28 heavy (non-hydrogen) atoms. The molecule has 1 fully saturated rings. The molecule has 3 rings (SSSR count). The van der Waals surface area contributed by atoms with Gasteiger partial charge < -0.3 is 4.74 Å². The minimum absolute atomic E-state index is 0.0596. The van der Waals surface area contributed by atoms with Crippen LogP contribution in [0.2, 0.25) is 0 Å². The van der Waals surface area contributed by atoms with E-state index in [9.17, 15) is 18.0 Å². The second kappa shape index (κ2) is 8.24. The van der Waals surface area contributed by atoms with Crippen molar-refractivity contribution < 1.29 is 22.7 Å². The van der Waals surface area contributed by atoms with Gasteiger partial charge in [0.1, 0.15) is 0 Å². The second-order valence-electron chi connectivity index (χ2n) is 6.94. The Kier molecular flexibility index (Phi) is 5.96. The van der Waals surface area contributed by atoms with E-state index in [0.717, 1.165) is 24.0 Å². The molecular weight excluding hydrogens is 378 g/mol. The molecule has 7 heteroatoms. The topological polar surface area (TPSA) is 80.8 Å². The maximum absolute atomic E-state index is 12.6. The lowest BCUT2D eigenvalue weighted by Gasteiger charge is -2.15. The highest BCUT2D eigenvalue weighted by Gasteiger charge is 2.27. The molecule has 2 aromatic rings. The number of ether oxygens (including phenoxy) is 1. The first kappa shape index (κ1) is 20.2. The Labute approximate surface area is 165 Å². The Morgan fingerprint density at radius 2 is 1.68 bits per heavy atom. The highest BCUT2D eigenvalue weighted by molar-refractivity contribution is 7.89. The predicted octanol–water partition coefficient (Wildman–Crippen LogP) is 3.13. The van der Waals surface area contributed by atoms with Gasteiger partial charge in [-0.3, -0.25) is 4.79 Å². The van der Waals surface area contributed by atoms with Gasteiger partial charge in [0, 0.05) is 18.7 Å². The number of hydrogen-bond acceptors (Lipinski definition) is 5.